The first-order valence-electron chi connectivity index (χ1n) is 11.3. The third-order valence-corrected chi connectivity index (χ3v) is 60.9. The molecular weight excluding hydrogens is 350 g/mol. The van der Waals surface area contributed by atoms with E-state index in [1.165, 1.54) is 86.2 Å². The summed E-state index contributed by atoms with van der Waals surface area (Å²) in [6.07, 6.45) is 14.4. The molecule has 0 aromatic heterocycles. The third kappa shape index (κ3) is 0.219. The Balaban J connectivity index is 0.740. The van der Waals surface area contributed by atoms with Crippen LogP contribution in [0.1, 0.15) is 64.2 Å². The van der Waals surface area contributed by atoms with Crippen LogP contribution in [0.2, 0.25) is 47.7 Å². The molecule has 0 amide bonds. The summed E-state index contributed by atoms with van der Waals surface area (Å²) in [5.74, 6) is 0. The molecule has 4 atom stereocenters. The molecule has 0 aromatic rings. The van der Waals surface area contributed by atoms with Gasteiger partial charge in [-0.2, -0.15) is 0 Å². The van der Waals surface area contributed by atoms with Crippen LogP contribution >= 0.6 is 0 Å². The zero-order valence-electron chi connectivity index (χ0n) is 15.2. The Hall–Kier alpha value is -0.171. The van der Waals surface area contributed by atoms with Crippen LogP contribution in [0.5, 0.6) is 0 Å². The molecule has 10 fully saturated rings. The Kier molecular flexibility index (Phi) is 0.742. The minimum atomic E-state index is -2.70. The minimum absolute atomic E-state index is 0.694. The molecular formula is C21H31FeN3. The summed E-state index contributed by atoms with van der Waals surface area (Å²) in [7, 11) is 0. The van der Waals surface area contributed by atoms with Crippen molar-refractivity contribution in [2.75, 3.05) is 6.54 Å². The van der Waals surface area contributed by atoms with E-state index in [1.54, 1.807) is 19.3 Å². The van der Waals surface area contributed by atoms with Gasteiger partial charge in [0.2, 0.25) is 0 Å². The fourth-order valence-electron chi connectivity index (χ4n) is 19.2. The Morgan fingerprint density at radius 1 is 0.680 bits per heavy atom. The van der Waals surface area contributed by atoms with E-state index in [1.807, 2.05) is 0 Å². The average molecular weight is 381 g/mol. The first kappa shape index (κ1) is 12.3. The van der Waals surface area contributed by atoms with Crippen LogP contribution in [0.15, 0.2) is 5.11 Å². The number of fused-ring (bicyclic) bond motifs is 10. The second-order valence-corrected chi connectivity index (χ2v) is 37.4. The molecule has 0 bridgehead atoms. The van der Waals surface area contributed by atoms with Gasteiger partial charge in [0.15, 0.2) is 0 Å². The van der Waals surface area contributed by atoms with Crippen molar-refractivity contribution in [3.63, 3.8) is 0 Å². The summed E-state index contributed by atoms with van der Waals surface area (Å²) in [6, 6.07) is 0. The van der Waals surface area contributed by atoms with Gasteiger partial charge in [0.1, 0.15) is 0 Å². The molecule has 0 N–H and O–H groups in total. The Bertz CT molecular complexity index is 1050. The Morgan fingerprint density at radius 2 is 1.16 bits per heavy atom. The van der Waals surface area contributed by atoms with Gasteiger partial charge in [-0.05, 0) is 5.53 Å². The molecule has 3 nitrogen and oxygen atoms in total. The van der Waals surface area contributed by atoms with Crippen molar-refractivity contribution in [1.29, 1.82) is 0 Å². The van der Waals surface area contributed by atoms with Gasteiger partial charge in [0, 0.05) is 4.91 Å². The summed E-state index contributed by atoms with van der Waals surface area (Å²) >= 11 is 0. The predicted molar refractivity (Wildman–Crippen MR) is 96.6 cm³/mol. The molecule has 10 aliphatic rings. The van der Waals surface area contributed by atoms with Crippen molar-refractivity contribution in [1.82, 2.24) is 0 Å². The van der Waals surface area contributed by atoms with Gasteiger partial charge in [0.05, 0.1) is 0 Å². The number of hydrogen-bond acceptors (Lipinski definition) is 1. The Labute approximate surface area is 140 Å². The normalized spacial score (nSPS) is 84.4. The monoisotopic (exact) mass is 381 g/mol. The Morgan fingerprint density at radius 3 is 1.56 bits per heavy atom. The molecule has 0 radical (unpaired) electrons. The van der Waals surface area contributed by atoms with E-state index < -0.39 is 6.51 Å². The first-order valence-corrected chi connectivity index (χ1v) is 17.6. The van der Waals surface area contributed by atoms with Crippen LogP contribution in [0.25, 0.3) is 10.4 Å². The van der Waals surface area contributed by atoms with Gasteiger partial charge >= 0.3 is 125 Å². The van der Waals surface area contributed by atoms with E-state index in [9.17, 15) is 0 Å². The predicted octanol–water partition coefficient (Wildman–Crippen LogP) is 7.96. The number of hydrogen-bond donors (Lipinski definition) is 0. The van der Waals surface area contributed by atoms with E-state index >= 15 is 0 Å². The first-order chi connectivity index (χ1) is 12.1. The molecule has 10 saturated heterocycles. The molecule has 10 aliphatic heterocycles. The average Bonchev–Trinajstić information content (AvgIpc) is 3.56. The van der Waals surface area contributed by atoms with E-state index in [0.717, 1.165) is 6.42 Å². The number of nitrogens with zero attached hydrogens (tertiary/aromatic N) is 3. The summed E-state index contributed by atoms with van der Waals surface area (Å²) < 4.78 is 1.20. The fourth-order valence-corrected chi connectivity index (χ4v) is 94.6. The molecule has 0 aliphatic carbocycles. The van der Waals surface area contributed by atoms with Gasteiger partial charge in [-0.25, -0.2) is 0 Å². The van der Waals surface area contributed by atoms with Crippen LogP contribution < -0.4 is 0 Å². The molecule has 1 spiro atoms. The summed E-state index contributed by atoms with van der Waals surface area (Å²) in [6.45, 7) is -2.00. The van der Waals surface area contributed by atoms with Crippen LogP contribution in [0.4, 0.5) is 0 Å². The molecule has 10 rings (SSSR count). The van der Waals surface area contributed by atoms with Gasteiger partial charge in [-0.1, -0.05) is 5.11 Å². The van der Waals surface area contributed by atoms with Crippen LogP contribution in [-0.2, 0) is 6.51 Å². The molecule has 138 valence electrons. The summed E-state index contributed by atoms with van der Waals surface area (Å²) in [4.78, 5) is 16.6. The molecule has 0 saturated carbocycles. The van der Waals surface area contributed by atoms with E-state index in [2.05, 4.69) is 10.0 Å². The molecule has 25 heavy (non-hydrogen) atoms. The van der Waals surface area contributed by atoms with Crippen molar-refractivity contribution in [3.05, 3.63) is 10.4 Å². The van der Waals surface area contributed by atoms with Gasteiger partial charge < -0.3 is 0 Å². The fraction of sp³-hybridized carbons (Fsp3) is 1.00. The second kappa shape index (κ2) is 1.51. The summed E-state index contributed by atoms with van der Waals surface area (Å²) in [5, 5.41) is 3.61. The number of rotatable bonds is 12. The van der Waals surface area contributed by atoms with Crippen molar-refractivity contribution in [2.45, 2.75) is 112 Å². The van der Waals surface area contributed by atoms with Crippen LogP contribution in [-0.4, -0.2) is 6.54 Å². The zero-order valence-corrected chi connectivity index (χ0v) is 16.3. The van der Waals surface area contributed by atoms with Gasteiger partial charge in [0.25, 0.3) is 0 Å². The summed E-state index contributed by atoms with van der Waals surface area (Å²) in [5.41, 5.74) is 8.24. The topological polar surface area (TPSA) is 48.8 Å². The standard InChI is InChI=1S/C16H26N3.C5H5.Fe/c17-19-18-15-11-7-5-3-1-2-4-6-8-12-16-13-9-10-14-16;1-2-4-5-3-1;/h9-10,13-14H,1-8,11-12,15H2;1-5H;. The van der Waals surface area contributed by atoms with E-state index in [0.29, 0.717) is 6.54 Å². The van der Waals surface area contributed by atoms with Gasteiger partial charge in [-0.3, -0.25) is 0 Å². The third-order valence-electron chi connectivity index (χ3n) is 17.9. The van der Waals surface area contributed by atoms with Crippen molar-refractivity contribution < 1.29 is 6.51 Å². The maximum absolute atomic E-state index is 8.24. The SMILES string of the molecule is [N-]=[N+]=NCCCCCCCCCCC[C]12[CH]3[CH]4[CH]5[CH]1[Fe]45321678[CH]2[CH]1[CH]6[CH]7[CH]28. The van der Waals surface area contributed by atoms with E-state index in [4.69, 9.17) is 5.53 Å². The van der Waals surface area contributed by atoms with Crippen LogP contribution in [0, 0.1) is 0 Å². The molecule has 4 heteroatoms. The van der Waals surface area contributed by atoms with E-state index in [-0.39, 0.29) is 0 Å². The second-order valence-electron chi connectivity index (χ2n) is 13.7. The quantitative estimate of drug-likeness (QED) is 0.108. The van der Waals surface area contributed by atoms with Crippen LogP contribution in [0.3, 0.4) is 0 Å². The van der Waals surface area contributed by atoms with Crippen molar-refractivity contribution >= 4 is 0 Å². The maximum atomic E-state index is 8.24. The number of azide groups is 1. The van der Waals surface area contributed by atoms with Gasteiger partial charge in [-0.15, -0.1) is 0 Å². The van der Waals surface area contributed by atoms with Crippen molar-refractivity contribution in [2.24, 2.45) is 5.11 Å². The molecule has 10 heterocycles. The molecule has 4 unspecified atom stereocenters. The molecule has 0 aromatic carbocycles. The van der Waals surface area contributed by atoms with Crippen molar-refractivity contribution in [3.8, 4) is 0 Å². The zero-order chi connectivity index (χ0) is 16.2. The number of unbranched alkanes of at least 4 members (excludes halogenated alkanes) is 8.